The molecule has 31 heavy (non-hydrogen) atoms. The van der Waals surface area contributed by atoms with Gasteiger partial charge in [0.05, 0.1) is 0 Å². The molecule has 3 heterocycles. The Morgan fingerprint density at radius 3 is 2.13 bits per heavy atom. The van der Waals surface area contributed by atoms with Crippen LogP contribution in [0.3, 0.4) is 0 Å². The number of carbonyl (C=O) groups is 1. The number of pyridine rings is 1. The molecule has 1 aromatic carbocycles. The molecule has 4 rings (SSSR count). The fourth-order valence-electron chi connectivity index (χ4n) is 4.10. The van der Waals surface area contributed by atoms with Gasteiger partial charge in [-0.2, -0.15) is 5.26 Å². The van der Waals surface area contributed by atoms with Crippen LogP contribution < -0.4 is 4.90 Å². The summed E-state index contributed by atoms with van der Waals surface area (Å²) in [5, 5.41) is 9.98. The van der Waals surface area contributed by atoms with E-state index in [9.17, 15) is 14.4 Å². The average molecular weight is 440 g/mol. The zero-order valence-electron chi connectivity index (χ0n) is 17.4. The first-order valence-corrected chi connectivity index (χ1v) is 9.81. The van der Waals surface area contributed by atoms with E-state index in [4.69, 9.17) is 0 Å². The Bertz CT molecular complexity index is 1110. The molecule has 2 aromatic heterocycles. The highest BCUT2D eigenvalue weighted by molar-refractivity contribution is 5.95. The van der Waals surface area contributed by atoms with Crippen LogP contribution >= 0.6 is 12.4 Å². The predicted octanol–water partition coefficient (Wildman–Crippen LogP) is 3.86. The Balaban J connectivity index is 0.00000272. The minimum Gasteiger partial charge on any atom is -0.354 e. The van der Waals surface area contributed by atoms with Gasteiger partial charge in [-0.25, -0.2) is 4.39 Å². The second-order valence-corrected chi connectivity index (χ2v) is 7.33. The van der Waals surface area contributed by atoms with Gasteiger partial charge < -0.3 is 14.4 Å². The molecule has 1 amide bonds. The summed E-state index contributed by atoms with van der Waals surface area (Å²) >= 11 is 0. The molecule has 0 radical (unpaired) electrons. The number of hydrogen-bond donors (Lipinski definition) is 0. The van der Waals surface area contributed by atoms with Gasteiger partial charge in [0.1, 0.15) is 23.4 Å². The highest BCUT2D eigenvalue weighted by atomic mass is 35.5. The van der Waals surface area contributed by atoms with Gasteiger partial charge in [-0.1, -0.05) is 12.1 Å². The molecule has 0 N–H and O–H groups in total. The Morgan fingerprint density at radius 1 is 1.00 bits per heavy atom. The third-order valence-electron chi connectivity index (χ3n) is 5.60. The Hall–Kier alpha value is -3.37. The van der Waals surface area contributed by atoms with Crippen LogP contribution in [0.1, 0.15) is 12.6 Å². The van der Waals surface area contributed by atoms with E-state index in [2.05, 4.69) is 16.0 Å². The van der Waals surface area contributed by atoms with Crippen LogP contribution in [0.4, 0.5) is 10.2 Å². The van der Waals surface area contributed by atoms with Crippen molar-refractivity contribution in [2.75, 3.05) is 31.1 Å². The van der Waals surface area contributed by atoms with Crippen molar-refractivity contribution in [1.29, 1.82) is 5.26 Å². The molecule has 1 saturated heterocycles. The van der Waals surface area contributed by atoms with Crippen molar-refractivity contribution in [1.82, 2.24) is 14.5 Å². The number of anilines is 1. The van der Waals surface area contributed by atoms with Crippen LogP contribution in [0, 0.1) is 17.1 Å². The van der Waals surface area contributed by atoms with Gasteiger partial charge in [-0.15, -0.1) is 12.4 Å². The summed E-state index contributed by atoms with van der Waals surface area (Å²) in [4.78, 5) is 19.9. The van der Waals surface area contributed by atoms with Crippen molar-refractivity contribution < 1.29 is 9.18 Å². The molecular weight excluding hydrogens is 417 g/mol. The fourth-order valence-corrected chi connectivity index (χ4v) is 4.10. The average Bonchev–Trinajstić information content (AvgIpc) is 3.07. The second-order valence-electron chi connectivity index (χ2n) is 7.33. The first kappa shape index (κ1) is 22.3. The molecule has 3 aromatic rings. The third-order valence-corrected chi connectivity index (χ3v) is 5.60. The Kier molecular flexibility index (Phi) is 6.62. The molecule has 0 atom stereocenters. The summed E-state index contributed by atoms with van der Waals surface area (Å²) in [6, 6.07) is 12.4. The predicted molar refractivity (Wildman–Crippen MR) is 120 cm³/mol. The van der Waals surface area contributed by atoms with E-state index in [1.165, 1.54) is 12.1 Å². The van der Waals surface area contributed by atoms with Crippen LogP contribution in [0.25, 0.3) is 22.3 Å². The summed E-state index contributed by atoms with van der Waals surface area (Å²) in [6.45, 7) is 4.18. The van der Waals surface area contributed by atoms with Crippen molar-refractivity contribution in [3.8, 4) is 28.3 Å². The molecule has 6 nitrogen and oxygen atoms in total. The molecule has 0 unspecified atom stereocenters. The highest BCUT2D eigenvalue weighted by Crippen LogP contribution is 2.44. The summed E-state index contributed by atoms with van der Waals surface area (Å²) in [5.74, 6) is 0.667. The summed E-state index contributed by atoms with van der Waals surface area (Å²) in [7, 11) is 1.88. The minimum absolute atomic E-state index is 0. The summed E-state index contributed by atoms with van der Waals surface area (Å²) in [6.07, 6.45) is 3.45. The smallest absolute Gasteiger partial charge is 0.219 e. The SMILES string of the molecule is CC(=O)N1CCN(c2c(-c3ccncc3)c(-c3ccc(F)cc3)c(C#N)n2C)CC1.Cl. The number of benzene rings is 1. The maximum absolute atomic E-state index is 13.6. The van der Waals surface area contributed by atoms with E-state index >= 15 is 0 Å². The lowest BCUT2D eigenvalue weighted by Gasteiger charge is -2.36. The van der Waals surface area contributed by atoms with E-state index in [-0.39, 0.29) is 24.1 Å². The van der Waals surface area contributed by atoms with Crippen LogP contribution in [0.15, 0.2) is 48.8 Å². The standard InChI is InChI=1S/C23H22FN5O.ClH/c1-16(30)28-11-13-29(14-12-28)23-22(18-7-9-26-10-8-18)21(20(15-25)27(23)2)17-3-5-19(24)6-4-17;/h3-10H,11-14H2,1-2H3;1H. The van der Waals surface area contributed by atoms with E-state index < -0.39 is 0 Å². The van der Waals surface area contributed by atoms with Crippen LogP contribution in [0.5, 0.6) is 0 Å². The minimum atomic E-state index is -0.320. The lowest BCUT2D eigenvalue weighted by Crippen LogP contribution is -2.48. The lowest BCUT2D eigenvalue weighted by atomic mass is 9.96. The largest absolute Gasteiger partial charge is 0.354 e. The van der Waals surface area contributed by atoms with Crippen molar-refractivity contribution in [3.63, 3.8) is 0 Å². The maximum atomic E-state index is 13.6. The summed E-state index contributed by atoms with van der Waals surface area (Å²) in [5.41, 5.74) is 3.92. The third kappa shape index (κ3) is 4.12. The first-order valence-electron chi connectivity index (χ1n) is 9.81. The maximum Gasteiger partial charge on any atom is 0.219 e. The molecule has 0 spiro atoms. The van der Waals surface area contributed by atoms with E-state index in [0.717, 1.165) is 28.1 Å². The van der Waals surface area contributed by atoms with Crippen LogP contribution in [-0.2, 0) is 11.8 Å². The Morgan fingerprint density at radius 2 is 1.58 bits per heavy atom. The number of rotatable bonds is 3. The molecule has 1 aliphatic heterocycles. The van der Waals surface area contributed by atoms with Crippen molar-refractivity contribution >= 4 is 24.1 Å². The van der Waals surface area contributed by atoms with E-state index in [0.29, 0.717) is 31.9 Å². The van der Waals surface area contributed by atoms with Gasteiger partial charge in [-0.3, -0.25) is 9.78 Å². The van der Waals surface area contributed by atoms with Crippen molar-refractivity contribution in [2.45, 2.75) is 6.92 Å². The molecular formula is C23H23ClFN5O. The van der Waals surface area contributed by atoms with Gasteiger partial charge in [0.2, 0.25) is 5.91 Å². The zero-order valence-corrected chi connectivity index (χ0v) is 18.2. The molecule has 160 valence electrons. The lowest BCUT2D eigenvalue weighted by molar-refractivity contribution is -0.129. The molecule has 0 aliphatic carbocycles. The number of piperazine rings is 1. The fraction of sp³-hybridized carbons (Fsp3) is 0.261. The van der Waals surface area contributed by atoms with Gasteiger partial charge in [0, 0.05) is 63.7 Å². The number of halogens is 2. The quantitative estimate of drug-likeness (QED) is 0.621. The second kappa shape index (κ2) is 9.19. The number of amides is 1. The number of aromatic nitrogens is 2. The van der Waals surface area contributed by atoms with E-state index in [1.54, 1.807) is 31.5 Å². The molecule has 0 bridgehead atoms. The molecule has 1 aliphatic rings. The normalized spacial score (nSPS) is 13.5. The number of nitriles is 1. The molecule has 0 saturated carbocycles. The Labute approximate surface area is 186 Å². The molecule has 1 fully saturated rings. The number of hydrogen-bond acceptors (Lipinski definition) is 4. The van der Waals surface area contributed by atoms with Gasteiger partial charge >= 0.3 is 0 Å². The van der Waals surface area contributed by atoms with Crippen LogP contribution in [0.2, 0.25) is 0 Å². The van der Waals surface area contributed by atoms with Crippen molar-refractivity contribution in [3.05, 3.63) is 60.3 Å². The van der Waals surface area contributed by atoms with Gasteiger partial charge in [0.15, 0.2) is 0 Å². The first-order chi connectivity index (χ1) is 14.5. The van der Waals surface area contributed by atoms with E-state index in [1.807, 2.05) is 28.6 Å². The number of carbonyl (C=O) groups excluding carboxylic acids is 1. The topological polar surface area (TPSA) is 65.2 Å². The molecule has 8 heteroatoms. The summed E-state index contributed by atoms with van der Waals surface area (Å²) < 4.78 is 15.5. The zero-order chi connectivity index (χ0) is 21.3. The van der Waals surface area contributed by atoms with Crippen molar-refractivity contribution in [2.24, 2.45) is 7.05 Å². The van der Waals surface area contributed by atoms with Gasteiger partial charge in [0.25, 0.3) is 0 Å². The monoisotopic (exact) mass is 439 g/mol. The van der Waals surface area contributed by atoms with Gasteiger partial charge in [-0.05, 0) is 35.4 Å². The van der Waals surface area contributed by atoms with Crippen LogP contribution in [-0.4, -0.2) is 46.5 Å². The number of nitrogens with zero attached hydrogens (tertiary/aromatic N) is 5. The highest BCUT2D eigenvalue weighted by Gasteiger charge is 2.29.